The lowest BCUT2D eigenvalue weighted by Gasteiger charge is -2.11. The molecule has 0 saturated heterocycles. The van der Waals surface area contributed by atoms with Gasteiger partial charge in [0.25, 0.3) is 0 Å². The monoisotopic (exact) mass is 198 g/mol. The largest absolute Gasteiger partial charge is 0.368 e. The summed E-state index contributed by atoms with van der Waals surface area (Å²) in [5, 5.41) is 3.46. The third kappa shape index (κ3) is 2.44. The van der Waals surface area contributed by atoms with Crippen molar-refractivity contribution in [2.45, 2.75) is 6.04 Å². The fourth-order valence-corrected chi connectivity index (χ4v) is 1.25. The lowest BCUT2D eigenvalue weighted by molar-refractivity contribution is -0.120. The van der Waals surface area contributed by atoms with Crippen molar-refractivity contribution in [3.63, 3.8) is 0 Å². The summed E-state index contributed by atoms with van der Waals surface area (Å²) in [6.07, 6.45) is 0. The number of nitrogens with two attached hydrogens (primary N) is 1. The van der Waals surface area contributed by atoms with Gasteiger partial charge in [0.1, 0.15) is 6.04 Å². The van der Waals surface area contributed by atoms with Crippen LogP contribution in [-0.2, 0) is 4.79 Å². The molecule has 3 N–H and O–H groups in total. The van der Waals surface area contributed by atoms with Crippen molar-refractivity contribution < 1.29 is 4.79 Å². The van der Waals surface area contributed by atoms with Crippen LogP contribution in [0.4, 0.5) is 0 Å². The zero-order chi connectivity index (χ0) is 9.84. The molecular weight excluding hydrogens is 188 g/mol. The van der Waals surface area contributed by atoms with Crippen molar-refractivity contribution in [3.05, 3.63) is 34.9 Å². The second kappa shape index (κ2) is 4.25. The molecule has 1 atom stereocenters. The Labute approximate surface area is 81.9 Å². The summed E-state index contributed by atoms with van der Waals surface area (Å²) in [5.74, 6) is -0.398. The van der Waals surface area contributed by atoms with Crippen molar-refractivity contribution in [1.82, 2.24) is 5.32 Å². The number of hydrogen-bond acceptors (Lipinski definition) is 2. The van der Waals surface area contributed by atoms with E-state index < -0.39 is 11.9 Å². The van der Waals surface area contributed by atoms with Crippen LogP contribution < -0.4 is 11.1 Å². The number of amides is 1. The predicted molar refractivity (Wildman–Crippen MR) is 52.4 cm³/mol. The Morgan fingerprint density at radius 2 is 2.00 bits per heavy atom. The van der Waals surface area contributed by atoms with E-state index in [1.54, 1.807) is 31.3 Å². The summed E-state index contributed by atoms with van der Waals surface area (Å²) in [4.78, 5) is 10.9. The summed E-state index contributed by atoms with van der Waals surface area (Å²) in [7, 11) is 1.68. The molecule has 0 bridgehead atoms. The van der Waals surface area contributed by atoms with Gasteiger partial charge in [0, 0.05) is 5.02 Å². The number of nitrogens with one attached hydrogen (secondary N) is 1. The average Bonchev–Trinajstić information content (AvgIpc) is 2.09. The summed E-state index contributed by atoms with van der Waals surface area (Å²) < 4.78 is 0. The molecule has 0 radical (unpaired) electrons. The number of benzene rings is 1. The minimum atomic E-state index is -0.447. The van der Waals surface area contributed by atoms with E-state index in [0.717, 1.165) is 5.56 Å². The first kappa shape index (κ1) is 10.0. The molecule has 0 fully saturated rings. The average molecular weight is 199 g/mol. The number of hydrogen-bond donors (Lipinski definition) is 2. The van der Waals surface area contributed by atoms with E-state index in [1.165, 1.54) is 0 Å². The Morgan fingerprint density at radius 1 is 1.46 bits per heavy atom. The minimum absolute atomic E-state index is 0.398. The predicted octanol–water partition coefficient (Wildman–Crippen LogP) is 1.09. The van der Waals surface area contributed by atoms with Gasteiger partial charge in [-0.15, -0.1) is 0 Å². The maximum atomic E-state index is 10.9. The van der Waals surface area contributed by atoms with Gasteiger partial charge in [-0.1, -0.05) is 23.7 Å². The Hall–Kier alpha value is -1.06. The molecule has 0 unspecified atom stereocenters. The zero-order valence-corrected chi connectivity index (χ0v) is 8.01. The molecule has 0 aliphatic heterocycles. The highest BCUT2D eigenvalue weighted by atomic mass is 35.5. The maximum absolute atomic E-state index is 10.9. The summed E-state index contributed by atoms with van der Waals surface area (Å²) in [5.41, 5.74) is 6.00. The maximum Gasteiger partial charge on any atom is 0.239 e. The standard InChI is InChI=1S/C9H11ClN2O/c1-12-8(9(11)13)6-2-4-7(10)5-3-6/h2-5,8,12H,1H3,(H2,11,13)/t8-/m1/s1. The number of rotatable bonds is 3. The first-order chi connectivity index (χ1) is 6.15. The molecule has 0 heterocycles. The molecule has 3 nitrogen and oxygen atoms in total. The minimum Gasteiger partial charge on any atom is -0.368 e. The normalized spacial score (nSPS) is 12.5. The molecule has 70 valence electrons. The van der Waals surface area contributed by atoms with Crippen LogP contribution in [0, 0.1) is 0 Å². The smallest absolute Gasteiger partial charge is 0.239 e. The highest BCUT2D eigenvalue weighted by Gasteiger charge is 2.14. The fourth-order valence-electron chi connectivity index (χ4n) is 1.13. The Morgan fingerprint density at radius 3 is 2.38 bits per heavy atom. The Balaban J connectivity index is 2.92. The molecule has 1 amide bonds. The molecule has 4 heteroatoms. The molecular formula is C9H11ClN2O. The van der Waals surface area contributed by atoms with Gasteiger partial charge in [0.05, 0.1) is 0 Å². The highest BCUT2D eigenvalue weighted by molar-refractivity contribution is 6.30. The van der Waals surface area contributed by atoms with E-state index in [4.69, 9.17) is 17.3 Å². The van der Waals surface area contributed by atoms with Crippen molar-refractivity contribution in [2.24, 2.45) is 5.73 Å². The van der Waals surface area contributed by atoms with E-state index in [-0.39, 0.29) is 0 Å². The zero-order valence-electron chi connectivity index (χ0n) is 7.25. The van der Waals surface area contributed by atoms with Gasteiger partial charge in [0.15, 0.2) is 0 Å². The molecule has 0 aliphatic carbocycles. The van der Waals surface area contributed by atoms with E-state index in [1.807, 2.05) is 0 Å². The lowest BCUT2D eigenvalue weighted by atomic mass is 10.1. The van der Waals surface area contributed by atoms with Crippen LogP contribution in [-0.4, -0.2) is 13.0 Å². The first-order valence-corrected chi connectivity index (χ1v) is 4.25. The van der Waals surface area contributed by atoms with E-state index in [0.29, 0.717) is 5.02 Å². The molecule has 1 aromatic carbocycles. The van der Waals surface area contributed by atoms with Gasteiger partial charge in [0.2, 0.25) is 5.91 Å². The number of carbonyl (C=O) groups excluding carboxylic acids is 1. The number of primary amides is 1. The van der Waals surface area contributed by atoms with Gasteiger partial charge in [-0.05, 0) is 24.7 Å². The number of likely N-dealkylation sites (N-methyl/N-ethyl adjacent to an activating group) is 1. The quantitative estimate of drug-likeness (QED) is 0.764. The van der Waals surface area contributed by atoms with Crippen LogP contribution in [0.3, 0.4) is 0 Å². The van der Waals surface area contributed by atoms with Crippen LogP contribution >= 0.6 is 11.6 Å². The van der Waals surface area contributed by atoms with Crippen LogP contribution in [0.5, 0.6) is 0 Å². The van der Waals surface area contributed by atoms with E-state index >= 15 is 0 Å². The van der Waals surface area contributed by atoms with Crippen molar-refractivity contribution in [2.75, 3.05) is 7.05 Å². The Kier molecular flexibility index (Phi) is 3.28. The Bertz CT molecular complexity index is 297. The second-order valence-corrected chi connectivity index (χ2v) is 3.11. The van der Waals surface area contributed by atoms with Gasteiger partial charge in [-0.3, -0.25) is 4.79 Å². The SMILES string of the molecule is CN[C@@H](C(N)=O)c1ccc(Cl)cc1. The summed E-state index contributed by atoms with van der Waals surface area (Å²) in [6, 6.07) is 6.55. The van der Waals surface area contributed by atoms with Crippen LogP contribution in [0.1, 0.15) is 11.6 Å². The molecule has 0 aliphatic rings. The third-order valence-electron chi connectivity index (χ3n) is 1.78. The van der Waals surface area contributed by atoms with Crippen molar-refractivity contribution >= 4 is 17.5 Å². The second-order valence-electron chi connectivity index (χ2n) is 2.68. The number of carbonyl (C=O) groups is 1. The lowest BCUT2D eigenvalue weighted by Crippen LogP contribution is -2.31. The molecule has 13 heavy (non-hydrogen) atoms. The van der Waals surface area contributed by atoms with Gasteiger partial charge < -0.3 is 11.1 Å². The molecule has 0 aromatic heterocycles. The fraction of sp³-hybridized carbons (Fsp3) is 0.222. The third-order valence-corrected chi connectivity index (χ3v) is 2.03. The molecule has 0 saturated carbocycles. The topological polar surface area (TPSA) is 55.1 Å². The summed E-state index contributed by atoms with van der Waals surface area (Å²) >= 11 is 5.70. The van der Waals surface area contributed by atoms with Gasteiger partial charge >= 0.3 is 0 Å². The van der Waals surface area contributed by atoms with Crippen LogP contribution in [0.25, 0.3) is 0 Å². The van der Waals surface area contributed by atoms with Crippen LogP contribution in [0.2, 0.25) is 5.02 Å². The number of halogens is 1. The van der Waals surface area contributed by atoms with Crippen molar-refractivity contribution in [1.29, 1.82) is 0 Å². The van der Waals surface area contributed by atoms with E-state index in [2.05, 4.69) is 5.32 Å². The van der Waals surface area contributed by atoms with Crippen molar-refractivity contribution in [3.8, 4) is 0 Å². The first-order valence-electron chi connectivity index (χ1n) is 3.87. The van der Waals surface area contributed by atoms with Gasteiger partial charge in [-0.2, -0.15) is 0 Å². The molecule has 1 rings (SSSR count). The van der Waals surface area contributed by atoms with E-state index in [9.17, 15) is 4.79 Å². The van der Waals surface area contributed by atoms with Gasteiger partial charge in [-0.25, -0.2) is 0 Å². The molecule has 1 aromatic rings. The molecule has 0 spiro atoms. The summed E-state index contributed by atoms with van der Waals surface area (Å²) in [6.45, 7) is 0. The highest BCUT2D eigenvalue weighted by Crippen LogP contribution is 2.15. The van der Waals surface area contributed by atoms with Crippen LogP contribution in [0.15, 0.2) is 24.3 Å².